The maximum absolute atomic E-state index is 13.6. The van der Waals surface area contributed by atoms with Crippen LogP contribution in [0.25, 0.3) is 22.7 Å². The van der Waals surface area contributed by atoms with Gasteiger partial charge in [-0.05, 0) is 12.1 Å². The van der Waals surface area contributed by atoms with Crippen LogP contribution in [0.2, 0.25) is 0 Å². The molecule has 0 amide bonds. The Morgan fingerprint density at radius 2 is 1.88 bits per heavy atom. The molecule has 3 heterocycles. The van der Waals surface area contributed by atoms with Crippen LogP contribution in [0.5, 0.6) is 0 Å². The van der Waals surface area contributed by atoms with E-state index in [-0.39, 0.29) is 33.4 Å². The van der Waals surface area contributed by atoms with Crippen LogP contribution in [0, 0.1) is 0 Å². The summed E-state index contributed by atoms with van der Waals surface area (Å²) >= 11 is 0. The summed E-state index contributed by atoms with van der Waals surface area (Å²) in [5.74, 6) is -6.26. The molecule has 0 bridgehead atoms. The highest BCUT2D eigenvalue weighted by atomic mass is 32.2. The molecular weight excluding hydrogens is 465 g/mol. The molecule has 0 saturated carbocycles. The fourth-order valence-corrected chi connectivity index (χ4v) is 3.76. The molecule has 0 saturated heterocycles. The first kappa shape index (κ1) is 23.2. The summed E-state index contributed by atoms with van der Waals surface area (Å²) in [4.78, 5) is 7.57. The average molecular weight is 479 g/mol. The lowest BCUT2D eigenvalue weighted by molar-refractivity contribution is -0.291. The summed E-state index contributed by atoms with van der Waals surface area (Å²) in [5, 5.41) is 18.0. The van der Waals surface area contributed by atoms with Crippen molar-refractivity contribution in [3.05, 3.63) is 29.6 Å². The maximum atomic E-state index is 13.6. The number of aryl methyl sites for hydroxylation is 1. The highest BCUT2D eigenvalue weighted by Crippen LogP contribution is 2.43. The molecule has 0 spiro atoms. The second-order valence-corrected chi connectivity index (χ2v) is 8.71. The van der Waals surface area contributed by atoms with Crippen molar-refractivity contribution in [1.29, 1.82) is 0 Å². The number of nitrogens with zero attached hydrogens (tertiary/aromatic N) is 6. The third-order valence-electron chi connectivity index (χ3n) is 4.48. The average Bonchev–Trinajstić information content (AvgIpc) is 3.07. The van der Waals surface area contributed by atoms with Crippen molar-refractivity contribution in [3.8, 4) is 11.5 Å². The van der Waals surface area contributed by atoms with Crippen molar-refractivity contribution in [3.63, 3.8) is 0 Å². The first-order valence-corrected chi connectivity index (χ1v) is 10.3. The Balaban J connectivity index is 2.27. The molecule has 0 atom stereocenters. The molecule has 172 valence electrons. The number of pyridine rings is 1. The number of sulfone groups is 1. The molecule has 0 aromatic carbocycles. The minimum atomic E-state index is -5.90. The molecule has 0 radical (unpaired) electrons. The Morgan fingerprint density at radius 1 is 1.22 bits per heavy atom. The first-order chi connectivity index (χ1) is 14.7. The van der Waals surface area contributed by atoms with Gasteiger partial charge in [-0.3, -0.25) is 4.98 Å². The van der Waals surface area contributed by atoms with Gasteiger partial charge in [0.05, 0.1) is 10.6 Å². The quantitative estimate of drug-likeness (QED) is 0.185. The number of amidine groups is 1. The molecule has 3 aromatic rings. The van der Waals surface area contributed by atoms with Gasteiger partial charge in [0, 0.05) is 18.8 Å². The van der Waals surface area contributed by atoms with Crippen LogP contribution >= 0.6 is 0 Å². The van der Waals surface area contributed by atoms with E-state index in [2.05, 4.69) is 25.3 Å². The maximum Gasteiger partial charge on any atom is 0.459 e. The van der Waals surface area contributed by atoms with E-state index >= 15 is 0 Å². The molecule has 0 fully saturated rings. The van der Waals surface area contributed by atoms with E-state index in [4.69, 9.17) is 10.9 Å². The zero-order valence-corrected chi connectivity index (χ0v) is 17.1. The van der Waals surface area contributed by atoms with E-state index in [1.165, 1.54) is 14.0 Å². The normalized spacial score (nSPS) is 13.7. The highest BCUT2D eigenvalue weighted by Gasteiger charge is 2.60. The number of alkyl halides is 5. The Morgan fingerprint density at radius 3 is 2.44 bits per heavy atom. The number of rotatable bonds is 5. The molecule has 3 N–H and O–H groups in total. The van der Waals surface area contributed by atoms with Gasteiger partial charge in [-0.25, -0.2) is 13.4 Å². The Labute approximate surface area is 176 Å². The number of fused-ring (bicyclic) bond motifs is 1. The predicted molar refractivity (Wildman–Crippen MR) is 99.7 cm³/mol. The number of imidazole rings is 1. The zero-order chi connectivity index (χ0) is 24.1. The number of oxime groups is 1. The summed E-state index contributed by atoms with van der Waals surface area (Å²) < 4.78 is 91.6. The van der Waals surface area contributed by atoms with Crippen LogP contribution in [0.1, 0.15) is 18.2 Å². The van der Waals surface area contributed by atoms with E-state index in [1.807, 2.05) is 0 Å². The van der Waals surface area contributed by atoms with Gasteiger partial charge in [0.2, 0.25) is 0 Å². The minimum Gasteiger partial charge on any atom is -0.409 e. The summed E-state index contributed by atoms with van der Waals surface area (Å²) in [5.41, 5.74) is 2.96. The summed E-state index contributed by atoms with van der Waals surface area (Å²) in [6, 6.07) is 1.49. The second kappa shape index (κ2) is 7.61. The lowest BCUT2D eigenvalue weighted by Gasteiger charge is -2.17. The SMILES string of the molecule is CCS(=O)(=O)c1cc(C(N)=NO)cnc1-c1nc2cc(C(F)(F)C(F)(F)F)nnc2n1C. The molecule has 3 rings (SSSR count). The van der Waals surface area contributed by atoms with E-state index < -0.39 is 39.0 Å². The standard InChI is InChI=1S/C16H14F5N7O3S/c1-3-32(30,31)9-4-7(12(22)27-29)6-23-11(9)14-24-8-5-10(15(17,18)16(19,20)21)25-26-13(8)28(14)2/h4-6,29H,3H2,1-2H3,(H2,22,27). The lowest BCUT2D eigenvalue weighted by Crippen LogP contribution is -2.34. The van der Waals surface area contributed by atoms with Gasteiger partial charge >= 0.3 is 12.1 Å². The second-order valence-electron chi connectivity index (χ2n) is 6.46. The van der Waals surface area contributed by atoms with Gasteiger partial charge in [0.25, 0.3) is 0 Å². The van der Waals surface area contributed by atoms with Crippen LogP contribution in [0.4, 0.5) is 22.0 Å². The number of nitrogens with two attached hydrogens (primary N) is 1. The molecule has 0 unspecified atom stereocenters. The summed E-state index contributed by atoms with van der Waals surface area (Å²) in [7, 11) is -2.64. The monoisotopic (exact) mass is 479 g/mol. The van der Waals surface area contributed by atoms with E-state index in [0.717, 1.165) is 16.8 Å². The molecule has 16 heteroatoms. The van der Waals surface area contributed by atoms with Gasteiger partial charge < -0.3 is 15.5 Å². The molecule has 10 nitrogen and oxygen atoms in total. The smallest absolute Gasteiger partial charge is 0.409 e. The van der Waals surface area contributed by atoms with Gasteiger partial charge in [0.15, 0.2) is 27.1 Å². The molecular formula is C16H14F5N7O3S. The third kappa shape index (κ3) is 3.69. The van der Waals surface area contributed by atoms with Crippen LogP contribution in [-0.2, 0) is 22.8 Å². The van der Waals surface area contributed by atoms with E-state index in [9.17, 15) is 30.4 Å². The molecule has 0 aliphatic carbocycles. The fourth-order valence-electron chi connectivity index (χ4n) is 2.70. The molecule has 3 aromatic heterocycles. The number of hydrogen-bond donors (Lipinski definition) is 2. The molecule has 0 aliphatic rings. The number of halogens is 5. The van der Waals surface area contributed by atoms with Crippen LogP contribution < -0.4 is 5.73 Å². The minimum absolute atomic E-state index is 0.0334. The zero-order valence-electron chi connectivity index (χ0n) is 16.3. The highest BCUT2D eigenvalue weighted by molar-refractivity contribution is 7.91. The van der Waals surface area contributed by atoms with Gasteiger partial charge in [0.1, 0.15) is 16.9 Å². The van der Waals surface area contributed by atoms with Crippen molar-refractivity contribution in [2.24, 2.45) is 17.9 Å². The number of aromatic nitrogens is 5. The van der Waals surface area contributed by atoms with Crippen molar-refractivity contribution >= 4 is 26.8 Å². The molecule has 0 aliphatic heterocycles. The fraction of sp³-hybridized carbons (Fsp3) is 0.312. The number of hydrogen-bond acceptors (Lipinski definition) is 8. The first-order valence-electron chi connectivity index (χ1n) is 8.60. The third-order valence-corrected chi connectivity index (χ3v) is 6.22. The van der Waals surface area contributed by atoms with Crippen molar-refractivity contribution < 1.29 is 35.6 Å². The van der Waals surface area contributed by atoms with E-state index in [1.54, 1.807) is 0 Å². The topological polar surface area (TPSA) is 149 Å². The summed E-state index contributed by atoms with van der Waals surface area (Å²) in [6.45, 7) is 1.35. The van der Waals surface area contributed by atoms with Gasteiger partial charge in [-0.15, -0.1) is 10.2 Å². The largest absolute Gasteiger partial charge is 0.459 e. The van der Waals surface area contributed by atoms with E-state index in [0.29, 0.717) is 6.07 Å². The summed E-state index contributed by atoms with van der Waals surface area (Å²) in [6.07, 6.45) is -4.83. The van der Waals surface area contributed by atoms with Gasteiger partial charge in [-0.2, -0.15) is 22.0 Å². The van der Waals surface area contributed by atoms with Crippen LogP contribution in [0.3, 0.4) is 0 Å². The predicted octanol–water partition coefficient (Wildman–Crippen LogP) is 1.97. The van der Waals surface area contributed by atoms with Crippen molar-refractivity contribution in [1.82, 2.24) is 24.7 Å². The van der Waals surface area contributed by atoms with Crippen molar-refractivity contribution in [2.45, 2.75) is 23.9 Å². The van der Waals surface area contributed by atoms with Crippen LogP contribution in [0.15, 0.2) is 28.4 Å². The van der Waals surface area contributed by atoms with Gasteiger partial charge in [-0.1, -0.05) is 12.1 Å². The van der Waals surface area contributed by atoms with Crippen molar-refractivity contribution in [2.75, 3.05) is 5.75 Å². The Hall–Kier alpha value is -3.43. The van der Waals surface area contributed by atoms with Crippen LogP contribution in [-0.4, -0.2) is 56.1 Å². The Kier molecular flexibility index (Phi) is 5.53. The lowest BCUT2D eigenvalue weighted by atomic mass is 10.2. The Bertz CT molecular complexity index is 1340. The molecule has 32 heavy (non-hydrogen) atoms.